The van der Waals surface area contributed by atoms with Crippen LogP contribution in [0, 0.1) is 5.82 Å². The second kappa shape index (κ2) is 7.87. The van der Waals surface area contributed by atoms with Crippen molar-refractivity contribution < 1.29 is 30.8 Å². The quantitative estimate of drug-likeness (QED) is 0.573. The van der Waals surface area contributed by atoms with Crippen LogP contribution in [-0.2, 0) is 16.2 Å². The average Bonchev–Trinajstić information content (AvgIpc) is 3.16. The van der Waals surface area contributed by atoms with Crippen molar-refractivity contribution in [3.63, 3.8) is 0 Å². The molecule has 1 heterocycles. The number of amides is 2. The summed E-state index contributed by atoms with van der Waals surface area (Å²) in [7, 11) is -4.69. The number of carbonyl (C=O) groups excluding carboxylic acids is 1. The highest BCUT2D eigenvalue weighted by Crippen LogP contribution is 2.36. The number of carbonyl (C=O) groups is 1. The average molecular weight is 465 g/mol. The van der Waals surface area contributed by atoms with Gasteiger partial charge >= 0.3 is 12.2 Å². The van der Waals surface area contributed by atoms with Crippen LogP contribution >= 0.6 is 11.6 Å². The molecule has 2 aromatic carbocycles. The number of benzene rings is 2. The fraction of sp³-hybridized carbons (Fsp3) is 0.0667. The highest BCUT2D eigenvalue weighted by atomic mass is 35.5. The Morgan fingerprint density at radius 2 is 1.87 bits per heavy atom. The molecule has 0 bridgehead atoms. The first-order chi connectivity index (χ1) is 14.0. The van der Waals surface area contributed by atoms with Crippen LogP contribution in [0.5, 0.6) is 0 Å². The van der Waals surface area contributed by atoms with Crippen LogP contribution in [0.25, 0.3) is 5.69 Å². The van der Waals surface area contributed by atoms with Gasteiger partial charge in [-0.3, -0.25) is 0 Å². The van der Waals surface area contributed by atoms with E-state index in [1.165, 1.54) is 10.8 Å². The van der Waals surface area contributed by atoms with E-state index in [1.807, 2.05) is 5.32 Å². The van der Waals surface area contributed by atoms with Gasteiger partial charge in [0.05, 0.1) is 16.3 Å². The Morgan fingerprint density at radius 1 is 1.13 bits per heavy atom. The predicted molar refractivity (Wildman–Crippen MR) is 94.9 cm³/mol. The number of alkyl halides is 3. The van der Waals surface area contributed by atoms with E-state index in [0.29, 0.717) is 6.07 Å². The summed E-state index contributed by atoms with van der Waals surface area (Å²) in [5, 5.41) is 11.5. The smallest absolute Gasteiger partial charge is 0.307 e. The number of nitrogens with one attached hydrogen (secondary N) is 2. The highest BCUT2D eigenvalue weighted by molar-refractivity contribution is 7.90. The van der Waals surface area contributed by atoms with Crippen LogP contribution in [0.3, 0.4) is 0 Å². The molecule has 2 amide bonds. The standard InChI is InChI=1S/C15H9ClF4N6O3S/c16-11-3-1-8(5-10(11)15(18,19)20)22-14(27)23-30(28,29)13-4-2-9(6-12(13)17)26-7-21-24-25-26/h1-7H,(H2,22,23,27). The lowest BCUT2D eigenvalue weighted by molar-refractivity contribution is -0.137. The number of aromatic nitrogens is 4. The van der Waals surface area contributed by atoms with Crippen LogP contribution in [0.1, 0.15) is 5.56 Å². The molecule has 0 aliphatic carbocycles. The molecule has 0 aliphatic heterocycles. The van der Waals surface area contributed by atoms with Crippen molar-refractivity contribution in [2.45, 2.75) is 11.1 Å². The summed E-state index contributed by atoms with van der Waals surface area (Å²) in [5.74, 6) is -1.21. The van der Waals surface area contributed by atoms with E-state index >= 15 is 0 Å². The number of anilines is 1. The summed E-state index contributed by atoms with van der Waals surface area (Å²) in [6.07, 6.45) is -3.64. The van der Waals surface area contributed by atoms with Crippen molar-refractivity contribution in [3.05, 3.63) is 59.1 Å². The molecule has 0 atom stereocenters. The molecule has 158 valence electrons. The second-order valence-electron chi connectivity index (χ2n) is 5.62. The molecule has 0 fully saturated rings. The van der Waals surface area contributed by atoms with E-state index in [-0.39, 0.29) is 11.4 Å². The zero-order chi connectivity index (χ0) is 22.1. The molecular formula is C15H9ClF4N6O3S. The third kappa shape index (κ3) is 4.65. The molecule has 0 aliphatic rings. The van der Waals surface area contributed by atoms with Crippen molar-refractivity contribution >= 4 is 33.3 Å². The van der Waals surface area contributed by atoms with E-state index in [9.17, 15) is 30.8 Å². The van der Waals surface area contributed by atoms with Gasteiger partial charge in [0.2, 0.25) is 0 Å². The lowest BCUT2D eigenvalue weighted by atomic mass is 10.2. The number of tetrazole rings is 1. The van der Waals surface area contributed by atoms with Crippen LogP contribution < -0.4 is 10.0 Å². The molecule has 2 N–H and O–H groups in total. The van der Waals surface area contributed by atoms with Gasteiger partial charge in [0.25, 0.3) is 10.0 Å². The fourth-order valence-corrected chi connectivity index (χ4v) is 3.48. The Kier molecular flexibility index (Phi) is 5.63. The van der Waals surface area contributed by atoms with E-state index in [2.05, 4.69) is 15.5 Å². The summed E-state index contributed by atoms with van der Waals surface area (Å²) in [4.78, 5) is 11.1. The zero-order valence-electron chi connectivity index (χ0n) is 14.4. The topological polar surface area (TPSA) is 119 Å². The summed E-state index contributed by atoms with van der Waals surface area (Å²) in [6.45, 7) is 0. The van der Waals surface area contributed by atoms with Gasteiger partial charge in [0, 0.05) is 11.8 Å². The first-order valence-electron chi connectivity index (χ1n) is 7.71. The van der Waals surface area contributed by atoms with Crippen molar-refractivity contribution in [1.82, 2.24) is 24.9 Å². The van der Waals surface area contributed by atoms with Gasteiger partial charge in [-0.1, -0.05) is 11.6 Å². The zero-order valence-corrected chi connectivity index (χ0v) is 15.9. The minimum absolute atomic E-state index is 0.113. The summed E-state index contributed by atoms with van der Waals surface area (Å²) < 4.78 is 80.0. The first-order valence-corrected chi connectivity index (χ1v) is 9.57. The van der Waals surface area contributed by atoms with Gasteiger partial charge in [-0.2, -0.15) is 13.2 Å². The third-order valence-corrected chi connectivity index (χ3v) is 5.27. The first kappa shape index (κ1) is 21.4. The highest BCUT2D eigenvalue weighted by Gasteiger charge is 2.33. The fourth-order valence-electron chi connectivity index (χ4n) is 2.28. The van der Waals surface area contributed by atoms with E-state index in [4.69, 9.17) is 11.6 Å². The monoisotopic (exact) mass is 464 g/mol. The molecule has 15 heteroatoms. The van der Waals surface area contributed by atoms with Crippen LogP contribution in [0.15, 0.2) is 47.6 Å². The van der Waals surface area contributed by atoms with Gasteiger partial charge in [-0.25, -0.2) is 27.0 Å². The molecule has 0 saturated carbocycles. The number of rotatable bonds is 4. The molecule has 3 rings (SSSR count). The van der Waals surface area contributed by atoms with Crippen LogP contribution in [0.4, 0.5) is 28.0 Å². The summed E-state index contributed by atoms with van der Waals surface area (Å²) >= 11 is 5.47. The third-order valence-electron chi connectivity index (χ3n) is 3.58. The number of urea groups is 1. The maximum atomic E-state index is 14.3. The Morgan fingerprint density at radius 3 is 2.47 bits per heavy atom. The Hall–Kier alpha value is -3.26. The minimum atomic E-state index is -4.79. The molecule has 1 aromatic heterocycles. The van der Waals surface area contributed by atoms with Crippen LogP contribution in [0.2, 0.25) is 5.02 Å². The molecular weight excluding hydrogens is 456 g/mol. The largest absolute Gasteiger partial charge is 0.417 e. The summed E-state index contributed by atoms with van der Waals surface area (Å²) in [6, 6.07) is 3.90. The van der Waals surface area contributed by atoms with Crippen molar-refractivity contribution in [1.29, 1.82) is 0 Å². The number of nitrogens with zero attached hydrogens (tertiary/aromatic N) is 4. The maximum Gasteiger partial charge on any atom is 0.417 e. The number of sulfonamides is 1. The van der Waals surface area contributed by atoms with E-state index < -0.39 is 43.5 Å². The van der Waals surface area contributed by atoms with Gasteiger partial charge in [0.1, 0.15) is 17.0 Å². The lowest BCUT2D eigenvalue weighted by Crippen LogP contribution is -2.34. The van der Waals surface area contributed by atoms with Gasteiger partial charge in [-0.05, 0) is 40.8 Å². The lowest BCUT2D eigenvalue weighted by Gasteiger charge is -2.13. The second-order valence-corrected chi connectivity index (χ2v) is 7.68. The molecule has 0 unspecified atom stereocenters. The minimum Gasteiger partial charge on any atom is -0.307 e. The maximum absolute atomic E-state index is 14.3. The predicted octanol–water partition coefficient (Wildman–Crippen LogP) is 2.98. The molecule has 0 saturated heterocycles. The van der Waals surface area contributed by atoms with Crippen molar-refractivity contribution in [2.24, 2.45) is 0 Å². The van der Waals surface area contributed by atoms with Gasteiger partial charge in [-0.15, -0.1) is 5.10 Å². The molecule has 9 nitrogen and oxygen atoms in total. The normalized spacial score (nSPS) is 11.9. The van der Waals surface area contributed by atoms with Crippen LogP contribution in [-0.4, -0.2) is 34.7 Å². The van der Waals surface area contributed by atoms with Crippen molar-refractivity contribution in [3.8, 4) is 5.69 Å². The Labute approximate surface area is 170 Å². The van der Waals surface area contributed by atoms with Gasteiger partial charge in [0.15, 0.2) is 0 Å². The number of hydrogen-bond donors (Lipinski definition) is 2. The molecule has 0 spiro atoms. The number of hydrogen-bond acceptors (Lipinski definition) is 6. The summed E-state index contributed by atoms with van der Waals surface area (Å²) in [5.41, 5.74) is -1.50. The van der Waals surface area contributed by atoms with E-state index in [1.54, 1.807) is 0 Å². The van der Waals surface area contributed by atoms with E-state index in [0.717, 1.165) is 35.3 Å². The molecule has 0 radical (unpaired) electrons. The Bertz CT molecular complexity index is 1200. The SMILES string of the molecule is O=C(Nc1ccc(Cl)c(C(F)(F)F)c1)NS(=O)(=O)c1ccc(-n2cnnn2)cc1F. The van der Waals surface area contributed by atoms with Gasteiger partial charge < -0.3 is 5.32 Å². The molecule has 3 aromatic rings. The van der Waals surface area contributed by atoms with Crippen molar-refractivity contribution in [2.75, 3.05) is 5.32 Å². The Balaban J connectivity index is 1.78. The molecule has 30 heavy (non-hydrogen) atoms. The number of halogens is 5.